The number of rotatable bonds is 15. The first-order valence-corrected chi connectivity index (χ1v) is 14.0. The summed E-state index contributed by atoms with van der Waals surface area (Å²) >= 11 is 0. The quantitative estimate of drug-likeness (QED) is 0.192. The van der Waals surface area contributed by atoms with Crippen molar-refractivity contribution in [2.24, 2.45) is 23.7 Å². The standard InChI is InChI=1S/C24H39O8P/c1-2-3-4-5-6-7-8-9-10-11-12-33-17-13-15(21(25)26)19(23(29)30)18(33)14-16(22(27)28)20(17)24(31)32/h15-20H,2-14H2,1H3,(H,25,26)(H,27,28)(H,29,30)(H,31,32). The van der Waals surface area contributed by atoms with Gasteiger partial charge in [0.25, 0.3) is 0 Å². The van der Waals surface area contributed by atoms with Crippen LogP contribution in [0.15, 0.2) is 0 Å². The summed E-state index contributed by atoms with van der Waals surface area (Å²) in [6.07, 6.45) is 12.1. The number of fused-ring (bicyclic) bond motifs is 2. The highest BCUT2D eigenvalue weighted by Crippen LogP contribution is 2.65. The molecule has 188 valence electrons. The molecule has 2 bridgehead atoms. The predicted molar refractivity (Wildman–Crippen MR) is 125 cm³/mol. The van der Waals surface area contributed by atoms with E-state index in [0.717, 1.165) is 25.7 Å². The fraction of sp³-hybridized carbons (Fsp3) is 0.833. The number of unbranched alkanes of at least 4 members (excludes halogenated alkanes) is 9. The summed E-state index contributed by atoms with van der Waals surface area (Å²) in [7, 11) is -1.08. The van der Waals surface area contributed by atoms with Gasteiger partial charge in [0.1, 0.15) is 0 Å². The van der Waals surface area contributed by atoms with Crippen LogP contribution in [-0.2, 0) is 19.2 Å². The molecule has 2 rings (SSSR count). The molecule has 8 nitrogen and oxygen atoms in total. The van der Waals surface area contributed by atoms with Crippen LogP contribution in [0.1, 0.15) is 84.0 Å². The molecule has 2 aliphatic heterocycles. The topological polar surface area (TPSA) is 149 Å². The number of hydrogen-bond acceptors (Lipinski definition) is 4. The van der Waals surface area contributed by atoms with Gasteiger partial charge < -0.3 is 20.4 Å². The molecule has 0 aromatic rings. The Kier molecular flexibility index (Phi) is 11.1. The van der Waals surface area contributed by atoms with Crippen molar-refractivity contribution in [3.8, 4) is 0 Å². The Bertz CT molecular complexity index is 650. The highest BCUT2D eigenvalue weighted by molar-refractivity contribution is 7.59. The van der Waals surface area contributed by atoms with E-state index >= 15 is 0 Å². The van der Waals surface area contributed by atoms with Crippen LogP contribution >= 0.6 is 7.92 Å². The van der Waals surface area contributed by atoms with Gasteiger partial charge in [-0.25, -0.2) is 0 Å². The monoisotopic (exact) mass is 486 g/mol. The largest absolute Gasteiger partial charge is 0.481 e. The van der Waals surface area contributed by atoms with E-state index < -0.39 is 66.8 Å². The first-order chi connectivity index (χ1) is 15.7. The van der Waals surface area contributed by atoms with E-state index in [9.17, 15) is 39.6 Å². The van der Waals surface area contributed by atoms with Gasteiger partial charge in [-0.2, -0.15) is 0 Å². The summed E-state index contributed by atoms with van der Waals surface area (Å²) in [5.41, 5.74) is -1.12. The lowest BCUT2D eigenvalue weighted by Crippen LogP contribution is -2.55. The van der Waals surface area contributed by atoms with Gasteiger partial charge in [0.15, 0.2) is 0 Å². The smallest absolute Gasteiger partial charge is 0.308 e. The molecule has 0 aromatic carbocycles. The minimum atomic E-state index is -1.23. The van der Waals surface area contributed by atoms with Crippen molar-refractivity contribution in [1.29, 1.82) is 0 Å². The summed E-state index contributed by atoms with van der Waals surface area (Å²) in [5.74, 6) is -9.51. The number of carboxylic acid groups (broad SMARTS) is 4. The Morgan fingerprint density at radius 1 is 0.606 bits per heavy atom. The minimum Gasteiger partial charge on any atom is -0.481 e. The van der Waals surface area contributed by atoms with Crippen molar-refractivity contribution in [3.63, 3.8) is 0 Å². The Morgan fingerprint density at radius 2 is 0.970 bits per heavy atom. The van der Waals surface area contributed by atoms with E-state index in [1.165, 1.54) is 38.5 Å². The SMILES string of the molecule is CCCCCCCCCCCCP1C2CC(C(=O)O)C(C(=O)O)C1CC(C(=O)O)C2C(=O)O. The fourth-order valence-corrected chi connectivity index (χ4v) is 10.1. The third-order valence-corrected chi connectivity index (χ3v) is 11.1. The lowest BCUT2D eigenvalue weighted by molar-refractivity contribution is -0.160. The summed E-state index contributed by atoms with van der Waals surface area (Å²) in [6.45, 7) is 2.20. The van der Waals surface area contributed by atoms with Gasteiger partial charge in [-0.3, -0.25) is 19.2 Å². The van der Waals surface area contributed by atoms with Gasteiger partial charge in [-0.15, -0.1) is 0 Å². The van der Waals surface area contributed by atoms with Crippen LogP contribution in [0, 0.1) is 23.7 Å². The first-order valence-electron chi connectivity index (χ1n) is 12.4. The molecule has 0 saturated carbocycles. The van der Waals surface area contributed by atoms with Gasteiger partial charge in [0.05, 0.1) is 23.7 Å². The van der Waals surface area contributed by atoms with Crippen LogP contribution in [0.3, 0.4) is 0 Å². The highest BCUT2D eigenvalue weighted by atomic mass is 31.1. The molecule has 4 N–H and O–H groups in total. The number of carboxylic acids is 4. The van der Waals surface area contributed by atoms with Gasteiger partial charge in [0.2, 0.25) is 0 Å². The molecule has 2 fully saturated rings. The van der Waals surface area contributed by atoms with Crippen molar-refractivity contribution in [2.45, 2.75) is 95.3 Å². The fourth-order valence-electron chi connectivity index (χ4n) is 5.87. The highest BCUT2D eigenvalue weighted by Gasteiger charge is 2.59. The number of aliphatic carboxylic acids is 4. The minimum absolute atomic E-state index is 0.0625. The summed E-state index contributed by atoms with van der Waals surface area (Å²) in [5, 5.41) is 38.9. The van der Waals surface area contributed by atoms with Crippen LogP contribution in [0.4, 0.5) is 0 Å². The normalized spacial score (nSPS) is 31.1. The number of hydrogen-bond donors (Lipinski definition) is 4. The van der Waals surface area contributed by atoms with Crippen molar-refractivity contribution in [1.82, 2.24) is 0 Å². The maximum atomic E-state index is 12.0. The molecule has 6 atom stereocenters. The Hall–Kier alpha value is -1.69. The van der Waals surface area contributed by atoms with Crippen LogP contribution in [0.5, 0.6) is 0 Å². The van der Waals surface area contributed by atoms with Gasteiger partial charge in [-0.1, -0.05) is 72.6 Å². The third kappa shape index (κ3) is 7.14. The molecule has 2 heterocycles. The molecule has 2 saturated heterocycles. The second-order valence-electron chi connectivity index (χ2n) is 9.64. The molecule has 0 spiro atoms. The Balaban J connectivity index is 2.03. The molecule has 0 aromatic heterocycles. The van der Waals surface area contributed by atoms with Crippen LogP contribution < -0.4 is 0 Å². The zero-order valence-electron chi connectivity index (χ0n) is 19.5. The summed E-state index contributed by atoms with van der Waals surface area (Å²) in [4.78, 5) is 47.7. The zero-order valence-corrected chi connectivity index (χ0v) is 20.4. The molecule has 6 unspecified atom stereocenters. The third-order valence-electron chi connectivity index (χ3n) is 7.51. The Morgan fingerprint density at radius 3 is 1.30 bits per heavy atom. The molecule has 0 radical (unpaired) electrons. The van der Waals surface area contributed by atoms with Crippen molar-refractivity contribution in [2.75, 3.05) is 6.16 Å². The summed E-state index contributed by atoms with van der Waals surface area (Å²) in [6, 6.07) is 0. The van der Waals surface area contributed by atoms with E-state index in [0.29, 0.717) is 6.16 Å². The van der Waals surface area contributed by atoms with Gasteiger partial charge >= 0.3 is 23.9 Å². The molecular formula is C24H39O8P. The van der Waals surface area contributed by atoms with Crippen LogP contribution in [-0.4, -0.2) is 61.8 Å². The van der Waals surface area contributed by atoms with Crippen LogP contribution in [0.2, 0.25) is 0 Å². The predicted octanol–water partition coefficient (Wildman–Crippen LogP) is 4.74. The van der Waals surface area contributed by atoms with Crippen molar-refractivity contribution in [3.05, 3.63) is 0 Å². The Labute approximate surface area is 196 Å². The average Bonchev–Trinajstić information content (AvgIpc) is 2.73. The lowest BCUT2D eigenvalue weighted by Gasteiger charge is -2.52. The first kappa shape index (κ1) is 27.6. The van der Waals surface area contributed by atoms with Crippen LogP contribution in [0.25, 0.3) is 0 Å². The molecule has 9 heteroatoms. The van der Waals surface area contributed by atoms with Gasteiger partial charge in [0, 0.05) is 0 Å². The second-order valence-corrected chi connectivity index (χ2v) is 12.4. The molecular weight excluding hydrogens is 447 g/mol. The maximum absolute atomic E-state index is 12.0. The van der Waals surface area contributed by atoms with Crippen molar-refractivity contribution >= 4 is 31.8 Å². The molecule has 2 aliphatic rings. The lowest BCUT2D eigenvalue weighted by atomic mass is 9.72. The second kappa shape index (κ2) is 13.3. The number of carbonyl (C=O) groups is 4. The molecule has 0 aliphatic carbocycles. The molecule has 33 heavy (non-hydrogen) atoms. The average molecular weight is 487 g/mol. The van der Waals surface area contributed by atoms with Gasteiger partial charge in [-0.05, 0) is 36.7 Å². The van der Waals surface area contributed by atoms with E-state index in [4.69, 9.17) is 0 Å². The van der Waals surface area contributed by atoms with E-state index in [1.54, 1.807) is 0 Å². The van der Waals surface area contributed by atoms with Crippen molar-refractivity contribution < 1.29 is 39.6 Å². The summed E-state index contributed by atoms with van der Waals surface area (Å²) < 4.78 is 0. The zero-order chi connectivity index (χ0) is 24.5. The van der Waals surface area contributed by atoms with E-state index in [1.807, 2.05) is 0 Å². The van der Waals surface area contributed by atoms with E-state index in [-0.39, 0.29) is 12.8 Å². The molecule has 0 amide bonds. The maximum Gasteiger partial charge on any atom is 0.308 e. The van der Waals surface area contributed by atoms with E-state index in [2.05, 4.69) is 6.92 Å².